The Morgan fingerprint density at radius 3 is 2.67 bits per heavy atom. The molecule has 7 heteroatoms. The fourth-order valence-corrected chi connectivity index (χ4v) is 1.33. The van der Waals surface area contributed by atoms with Crippen molar-refractivity contribution in [2.24, 2.45) is 0 Å². The van der Waals surface area contributed by atoms with Gasteiger partial charge in [0.25, 0.3) is 0 Å². The maximum atomic E-state index is 13.1. The number of nitrogens with one attached hydrogen (secondary N) is 1. The van der Waals surface area contributed by atoms with E-state index in [0.29, 0.717) is 0 Å². The number of amides is 1. The summed E-state index contributed by atoms with van der Waals surface area (Å²) >= 11 is 2.90. The first kappa shape index (κ1) is 11.8. The normalized spacial score (nSPS) is 10.2. The summed E-state index contributed by atoms with van der Waals surface area (Å²) in [4.78, 5) is 10.1. The highest BCUT2D eigenvalue weighted by Crippen LogP contribution is 2.31. The summed E-state index contributed by atoms with van der Waals surface area (Å²) in [7, 11) is 0. The molecule has 1 rings (SSSR count). The number of alkyl halides is 2. The van der Waals surface area contributed by atoms with Crippen LogP contribution in [0.2, 0.25) is 0 Å². The SMILES string of the molecule is O=CNc1cc(Br)c(OC(F)F)cc1F. The standard InChI is InChI=1S/C8H5BrF3NO2/c9-4-1-6(13-3-14)5(10)2-7(4)15-8(11)12/h1-3,8H,(H,13,14). The summed E-state index contributed by atoms with van der Waals surface area (Å²) in [5, 5.41) is 2.07. The monoisotopic (exact) mass is 283 g/mol. The molecule has 3 nitrogen and oxygen atoms in total. The van der Waals surface area contributed by atoms with Crippen LogP contribution in [0.1, 0.15) is 0 Å². The Morgan fingerprint density at radius 1 is 1.47 bits per heavy atom. The number of carbonyl (C=O) groups is 1. The van der Waals surface area contributed by atoms with Crippen LogP contribution in [-0.2, 0) is 4.79 Å². The van der Waals surface area contributed by atoms with Crippen LogP contribution >= 0.6 is 15.9 Å². The third-order valence-electron chi connectivity index (χ3n) is 1.45. The Morgan fingerprint density at radius 2 is 2.13 bits per heavy atom. The van der Waals surface area contributed by atoms with E-state index in [1.807, 2.05) is 0 Å². The van der Waals surface area contributed by atoms with Crippen LogP contribution in [0.3, 0.4) is 0 Å². The molecular formula is C8H5BrF3NO2. The lowest BCUT2D eigenvalue weighted by Crippen LogP contribution is -2.04. The number of hydrogen-bond acceptors (Lipinski definition) is 2. The minimum absolute atomic E-state index is 0.119. The second-order valence-electron chi connectivity index (χ2n) is 2.40. The molecule has 0 aliphatic rings. The molecule has 1 N–H and O–H groups in total. The first-order chi connectivity index (χ1) is 7.04. The third-order valence-corrected chi connectivity index (χ3v) is 2.07. The molecule has 15 heavy (non-hydrogen) atoms. The average molecular weight is 284 g/mol. The van der Waals surface area contributed by atoms with Gasteiger partial charge in [0, 0.05) is 6.07 Å². The summed E-state index contributed by atoms with van der Waals surface area (Å²) in [6, 6.07) is 1.88. The van der Waals surface area contributed by atoms with E-state index in [1.54, 1.807) is 0 Å². The Hall–Kier alpha value is -1.24. The number of hydrogen-bond donors (Lipinski definition) is 1. The molecule has 0 atom stereocenters. The van der Waals surface area contributed by atoms with Gasteiger partial charge >= 0.3 is 6.61 Å². The van der Waals surface area contributed by atoms with Gasteiger partial charge in [-0.1, -0.05) is 0 Å². The van der Waals surface area contributed by atoms with E-state index in [0.717, 1.165) is 12.1 Å². The maximum Gasteiger partial charge on any atom is 0.387 e. The quantitative estimate of drug-likeness (QED) is 0.863. The van der Waals surface area contributed by atoms with E-state index < -0.39 is 12.4 Å². The van der Waals surface area contributed by atoms with Crippen LogP contribution in [-0.4, -0.2) is 13.0 Å². The highest BCUT2D eigenvalue weighted by Gasteiger charge is 2.12. The first-order valence-electron chi connectivity index (χ1n) is 3.68. The van der Waals surface area contributed by atoms with E-state index in [1.165, 1.54) is 0 Å². The number of ether oxygens (including phenoxy) is 1. The number of rotatable bonds is 4. The van der Waals surface area contributed by atoms with Crippen molar-refractivity contribution in [1.29, 1.82) is 0 Å². The van der Waals surface area contributed by atoms with Crippen LogP contribution in [0.5, 0.6) is 5.75 Å². The van der Waals surface area contributed by atoms with Gasteiger partial charge in [-0.2, -0.15) is 8.78 Å². The van der Waals surface area contributed by atoms with Crippen LogP contribution in [0, 0.1) is 5.82 Å². The van der Waals surface area contributed by atoms with Crippen LogP contribution < -0.4 is 10.1 Å². The molecule has 1 amide bonds. The molecule has 0 aliphatic carbocycles. The smallest absolute Gasteiger partial charge is 0.387 e. The van der Waals surface area contributed by atoms with Gasteiger partial charge < -0.3 is 10.1 Å². The van der Waals surface area contributed by atoms with Gasteiger partial charge in [0.2, 0.25) is 6.41 Å². The lowest BCUT2D eigenvalue weighted by molar-refractivity contribution is -0.105. The summed E-state index contributed by atoms with van der Waals surface area (Å²) in [5.74, 6) is -1.19. The molecule has 0 bridgehead atoms. The lowest BCUT2D eigenvalue weighted by Gasteiger charge is -2.09. The fraction of sp³-hybridized carbons (Fsp3) is 0.125. The number of halogens is 4. The van der Waals surface area contributed by atoms with Crippen molar-refractivity contribution in [3.8, 4) is 5.75 Å². The van der Waals surface area contributed by atoms with Gasteiger partial charge in [0.05, 0.1) is 10.2 Å². The van der Waals surface area contributed by atoms with Crippen LogP contribution in [0.25, 0.3) is 0 Å². The van der Waals surface area contributed by atoms with Crippen molar-refractivity contribution < 1.29 is 22.7 Å². The lowest BCUT2D eigenvalue weighted by atomic mass is 10.3. The minimum Gasteiger partial charge on any atom is -0.434 e. The van der Waals surface area contributed by atoms with E-state index in [4.69, 9.17) is 0 Å². The van der Waals surface area contributed by atoms with Crippen molar-refractivity contribution in [3.05, 3.63) is 22.4 Å². The summed E-state index contributed by atoms with van der Waals surface area (Å²) in [5.41, 5.74) is -0.126. The predicted octanol–water partition coefficient (Wildman–Crippen LogP) is 2.76. The van der Waals surface area contributed by atoms with Gasteiger partial charge in [-0.25, -0.2) is 4.39 Å². The first-order valence-corrected chi connectivity index (χ1v) is 4.48. The Labute approximate surface area is 91.4 Å². The van der Waals surface area contributed by atoms with E-state index in [-0.39, 0.29) is 22.3 Å². The molecule has 0 heterocycles. The van der Waals surface area contributed by atoms with E-state index in [2.05, 4.69) is 26.0 Å². The molecule has 0 aliphatic heterocycles. The molecule has 82 valence electrons. The zero-order valence-electron chi connectivity index (χ0n) is 7.14. The second kappa shape index (κ2) is 5.01. The molecule has 0 aromatic heterocycles. The molecule has 0 fully saturated rings. The van der Waals surface area contributed by atoms with Crippen LogP contribution in [0.4, 0.5) is 18.9 Å². The molecule has 1 aromatic carbocycles. The molecule has 0 radical (unpaired) electrons. The summed E-state index contributed by atoms with van der Waals surface area (Å²) < 4.78 is 40.9. The average Bonchev–Trinajstić information content (AvgIpc) is 2.13. The molecular weight excluding hydrogens is 279 g/mol. The third kappa shape index (κ3) is 3.12. The van der Waals surface area contributed by atoms with Gasteiger partial charge in [0.1, 0.15) is 11.6 Å². The zero-order chi connectivity index (χ0) is 11.4. The van der Waals surface area contributed by atoms with Gasteiger partial charge in [0.15, 0.2) is 0 Å². The topological polar surface area (TPSA) is 38.3 Å². The number of carbonyl (C=O) groups excluding carboxylic acids is 1. The Bertz CT molecular complexity index is 373. The predicted molar refractivity (Wildman–Crippen MR) is 50.4 cm³/mol. The van der Waals surface area contributed by atoms with Gasteiger partial charge in [-0.15, -0.1) is 0 Å². The molecule has 0 saturated heterocycles. The second-order valence-corrected chi connectivity index (χ2v) is 3.26. The van der Waals surface area contributed by atoms with Crippen molar-refractivity contribution >= 4 is 28.0 Å². The molecule has 0 spiro atoms. The van der Waals surface area contributed by atoms with Crippen molar-refractivity contribution in [2.45, 2.75) is 6.61 Å². The van der Waals surface area contributed by atoms with Crippen molar-refractivity contribution in [2.75, 3.05) is 5.32 Å². The van der Waals surface area contributed by atoms with Crippen molar-refractivity contribution in [3.63, 3.8) is 0 Å². The van der Waals surface area contributed by atoms with E-state index >= 15 is 0 Å². The highest BCUT2D eigenvalue weighted by molar-refractivity contribution is 9.10. The molecule has 1 aromatic rings. The Balaban J connectivity index is 3.02. The largest absolute Gasteiger partial charge is 0.434 e. The fourth-order valence-electron chi connectivity index (χ4n) is 0.889. The minimum atomic E-state index is -3.04. The highest BCUT2D eigenvalue weighted by atomic mass is 79.9. The van der Waals surface area contributed by atoms with Crippen LogP contribution in [0.15, 0.2) is 16.6 Å². The summed E-state index contributed by atoms with van der Waals surface area (Å²) in [6.07, 6.45) is 0.276. The van der Waals surface area contributed by atoms with Gasteiger partial charge in [-0.05, 0) is 22.0 Å². The zero-order valence-corrected chi connectivity index (χ0v) is 8.72. The Kier molecular flexibility index (Phi) is 3.96. The van der Waals surface area contributed by atoms with Crippen molar-refractivity contribution in [1.82, 2.24) is 0 Å². The van der Waals surface area contributed by atoms with E-state index in [9.17, 15) is 18.0 Å². The number of anilines is 1. The number of benzene rings is 1. The summed E-state index contributed by atoms with van der Waals surface area (Å²) in [6.45, 7) is -3.04. The van der Waals surface area contributed by atoms with Gasteiger partial charge in [-0.3, -0.25) is 4.79 Å². The maximum absolute atomic E-state index is 13.1. The molecule has 0 unspecified atom stereocenters. The molecule has 0 saturated carbocycles.